The van der Waals surface area contributed by atoms with Gasteiger partial charge in [0.1, 0.15) is 11.2 Å². The van der Waals surface area contributed by atoms with Gasteiger partial charge in [0, 0.05) is 27.5 Å². The summed E-state index contributed by atoms with van der Waals surface area (Å²) >= 11 is 0. The van der Waals surface area contributed by atoms with Crippen LogP contribution in [0.3, 0.4) is 0 Å². The van der Waals surface area contributed by atoms with Gasteiger partial charge in [0.2, 0.25) is 0 Å². The van der Waals surface area contributed by atoms with Crippen molar-refractivity contribution in [1.29, 1.82) is 0 Å². The van der Waals surface area contributed by atoms with Gasteiger partial charge in [-0.3, -0.25) is 0 Å². The Balaban J connectivity index is 1.16. The minimum atomic E-state index is 0.594. The molecule has 2 heterocycles. The fraction of sp³-hybridized carbons (Fsp3) is 0. The van der Waals surface area contributed by atoms with E-state index in [2.05, 4.69) is 146 Å². The molecule has 9 rings (SSSR count). The molecule has 0 radical (unpaired) electrons. The van der Waals surface area contributed by atoms with E-state index in [1.807, 2.05) is 18.2 Å². The molecule has 0 aliphatic rings. The van der Waals surface area contributed by atoms with Gasteiger partial charge in [0.25, 0.3) is 0 Å². The molecule has 0 amide bonds. The molecule has 4 heteroatoms. The Kier molecular flexibility index (Phi) is 6.43. The molecular weight excluding hydrogens is 574 g/mol. The normalized spacial score (nSPS) is 11.4. The van der Waals surface area contributed by atoms with Crippen LogP contribution in [0.15, 0.2) is 168 Å². The van der Waals surface area contributed by atoms with Crippen LogP contribution in [-0.2, 0) is 0 Å². The predicted molar refractivity (Wildman–Crippen MR) is 192 cm³/mol. The van der Waals surface area contributed by atoms with Gasteiger partial charge < -0.3 is 4.42 Å². The van der Waals surface area contributed by atoms with Crippen LogP contribution >= 0.6 is 0 Å². The topological polar surface area (TPSA) is 51.8 Å². The molecule has 0 aliphatic heterocycles. The Hall–Kier alpha value is -6.39. The predicted octanol–water partition coefficient (Wildman–Crippen LogP) is 11.3. The zero-order chi connectivity index (χ0) is 31.2. The second-order valence-electron chi connectivity index (χ2n) is 11.7. The summed E-state index contributed by atoms with van der Waals surface area (Å²) in [5, 5.41) is 4.51. The van der Waals surface area contributed by atoms with E-state index >= 15 is 0 Å². The third-order valence-electron chi connectivity index (χ3n) is 8.73. The van der Waals surface area contributed by atoms with Gasteiger partial charge in [-0.15, -0.1) is 0 Å². The van der Waals surface area contributed by atoms with E-state index in [1.54, 1.807) is 0 Å². The van der Waals surface area contributed by atoms with Crippen molar-refractivity contribution in [1.82, 2.24) is 15.0 Å². The highest BCUT2D eigenvalue weighted by Gasteiger charge is 2.15. The maximum absolute atomic E-state index is 6.39. The monoisotopic (exact) mass is 601 g/mol. The van der Waals surface area contributed by atoms with Crippen LogP contribution in [-0.4, -0.2) is 15.0 Å². The molecular formula is C43H27N3O. The van der Waals surface area contributed by atoms with Crippen LogP contribution in [0, 0.1) is 0 Å². The summed E-state index contributed by atoms with van der Waals surface area (Å²) in [4.78, 5) is 15.0. The molecule has 9 aromatic rings. The van der Waals surface area contributed by atoms with Crippen LogP contribution in [0.25, 0.3) is 89.1 Å². The number of aromatic nitrogens is 3. The zero-order valence-corrected chi connectivity index (χ0v) is 25.3. The lowest BCUT2D eigenvalue weighted by molar-refractivity contribution is 0.669. The summed E-state index contributed by atoms with van der Waals surface area (Å²) in [7, 11) is 0. The van der Waals surface area contributed by atoms with Crippen molar-refractivity contribution in [2.75, 3.05) is 0 Å². The zero-order valence-electron chi connectivity index (χ0n) is 25.3. The van der Waals surface area contributed by atoms with Crippen molar-refractivity contribution < 1.29 is 4.42 Å². The van der Waals surface area contributed by atoms with Gasteiger partial charge in [-0.1, -0.05) is 140 Å². The molecule has 0 aliphatic carbocycles. The molecule has 0 saturated heterocycles. The Morgan fingerprint density at radius 2 is 0.702 bits per heavy atom. The van der Waals surface area contributed by atoms with Gasteiger partial charge in [0.15, 0.2) is 17.5 Å². The summed E-state index contributed by atoms with van der Waals surface area (Å²) < 4.78 is 6.39. The lowest BCUT2D eigenvalue weighted by Crippen LogP contribution is -2.00. The molecule has 7 aromatic carbocycles. The number of furan rings is 1. The lowest BCUT2D eigenvalue weighted by Gasteiger charge is -2.10. The van der Waals surface area contributed by atoms with Crippen molar-refractivity contribution in [3.8, 4) is 56.4 Å². The molecule has 0 saturated carbocycles. The minimum absolute atomic E-state index is 0.594. The first-order chi connectivity index (χ1) is 23.2. The van der Waals surface area contributed by atoms with Gasteiger partial charge in [-0.05, 0) is 57.3 Å². The van der Waals surface area contributed by atoms with Crippen molar-refractivity contribution in [2.45, 2.75) is 0 Å². The van der Waals surface area contributed by atoms with Crippen molar-refractivity contribution in [3.63, 3.8) is 0 Å². The first kappa shape index (κ1) is 27.0. The van der Waals surface area contributed by atoms with E-state index in [9.17, 15) is 0 Å². The van der Waals surface area contributed by atoms with E-state index in [1.165, 1.54) is 16.5 Å². The van der Waals surface area contributed by atoms with E-state index in [-0.39, 0.29) is 0 Å². The van der Waals surface area contributed by atoms with Crippen molar-refractivity contribution >= 4 is 32.7 Å². The molecule has 0 spiro atoms. The fourth-order valence-corrected chi connectivity index (χ4v) is 6.25. The summed E-state index contributed by atoms with van der Waals surface area (Å²) in [6.07, 6.45) is 0. The second-order valence-corrected chi connectivity index (χ2v) is 11.7. The molecule has 0 fully saturated rings. The maximum Gasteiger partial charge on any atom is 0.164 e. The van der Waals surface area contributed by atoms with E-state index in [4.69, 9.17) is 19.4 Å². The first-order valence-electron chi connectivity index (χ1n) is 15.7. The van der Waals surface area contributed by atoms with Crippen LogP contribution in [0.2, 0.25) is 0 Å². The third kappa shape index (κ3) is 5.02. The molecule has 220 valence electrons. The fourth-order valence-electron chi connectivity index (χ4n) is 6.25. The summed E-state index contributed by atoms with van der Waals surface area (Å²) in [5.74, 6) is 1.83. The van der Waals surface area contributed by atoms with E-state index < -0.39 is 0 Å². The SMILES string of the molecule is c1ccc(-c2ccc(-c3nc(-c4ccc(-c5ccccc5)cc4)nc(-c4ccc5c(c4)oc4cc6ccccc6cc45)n3)cc2)cc1. The minimum Gasteiger partial charge on any atom is -0.456 e. The van der Waals surface area contributed by atoms with Crippen molar-refractivity contribution in [2.24, 2.45) is 0 Å². The van der Waals surface area contributed by atoms with Gasteiger partial charge in [-0.25, -0.2) is 15.0 Å². The Labute approximate surface area is 271 Å². The van der Waals surface area contributed by atoms with Gasteiger partial charge in [-0.2, -0.15) is 0 Å². The summed E-state index contributed by atoms with van der Waals surface area (Å²) in [5.41, 5.74) is 9.00. The highest BCUT2D eigenvalue weighted by molar-refractivity contribution is 6.10. The lowest BCUT2D eigenvalue weighted by atomic mass is 10.0. The van der Waals surface area contributed by atoms with Crippen LogP contribution in [0.5, 0.6) is 0 Å². The largest absolute Gasteiger partial charge is 0.456 e. The van der Waals surface area contributed by atoms with Crippen LogP contribution in [0.4, 0.5) is 0 Å². The third-order valence-corrected chi connectivity index (χ3v) is 8.73. The number of benzene rings is 7. The molecule has 0 unspecified atom stereocenters. The number of rotatable bonds is 5. The smallest absolute Gasteiger partial charge is 0.164 e. The van der Waals surface area contributed by atoms with Gasteiger partial charge in [0.05, 0.1) is 0 Å². The highest BCUT2D eigenvalue weighted by atomic mass is 16.3. The number of nitrogens with zero attached hydrogens (tertiary/aromatic N) is 3. The molecule has 0 bridgehead atoms. The maximum atomic E-state index is 6.39. The van der Waals surface area contributed by atoms with E-state index in [0.717, 1.165) is 55.1 Å². The van der Waals surface area contributed by atoms with Crippen LogP contribution < -0.4 is 0 Å². The molecule has 2 aromatic heterocycles. The highest BCUT2D eigenvalue weighted by Crippen LogP contribution is 2.35. The summed E-state index contributed by atoms with van der Waals surface area (Å²) in [6.45, 7) is 0. The first-order valence-corrected chi connectivity index (χ1v) is 15.7. The Morgan fingerprint density at radius 1 is 0.298 bits per heavy atom. The molecule has 0 N–H and O–H groups in total. The molecule has 47 heavy (non-hydrogen) atoms. The number of hydrogen-bond acceptors (Lipinski definition) is 4. The Morgan fingerprint density at radius 3 is 1.26 bits per heavy atom. The standard InChI is InChI=1S/C43H27N3O/c1-3-9-28(10-4-1)30-15-19-32(20-16-30)41-44-42(33-21-17-31(18-22-33)29-11-5-2-6-12-29)46-43(45-41)36-23-24-37-38-25-34-13-7-8-14-35(34)26-40(38)47-39(37)27-36/h1-27H. The second kappa shape index (κ2) is 11.2. The molecule has 0 atom stereocenters. The average Bonchev–Trinajstić information content (AvgIpc) is 3.51. The molecule has 4 nitrogen and oxygen atoms in total. The quantitative estimate of drug-likeness (QED) is 0.197. The van der Waals surface area contributed by atoms with Crippen molar-refractivity contribution in [3.05, 3.63) is 164 Å². The average molecular weight is 602 g/mol. The van der Waals surface area contributed by atoms with Gasteiger partial charge >= 0.3 is 0 Å². The van der Waals surface area contributed by atoms with Crippen LogP contribution in [0.1, 0.15) is 0 Å². The number of fused-ring (bicyclic) bond motifs is 4. The number of hydrogen-bond donors (Lipinski definition) is 0. The summed E-state index contributed by atoms with van der Waals surface area (Å²) in [6, 6.07) is 56.4. The van der Waals surface area contributed by atoms with E-state index in [0.29, 0.717) is 17.5 Å². The Bertz CT molecular complexity index is 2440.